The first kappa shape index (κ1) is 14.0. The van der Waals surface area contributed by atoms with Crippen LogP contribution in [0.15, 0.2) is 30.5 Å². The Balaban J connectivity index is 2.46. The molecule has 0 radical (unpaired) electrons. The van der Waals surface area contributed by atoms with Crippen molar-refractivity contribution < 1.29 is 14.3 Å². The normalized spacial score (nSPS) is 10.3. The summed E-state index contributed by atoms with van der Waals surface area (Å²) in [4.78, 5) is 14.9. The van der Waals surface area contributed by atoms with Crippen LogP contribution in [0.25, 0.3) is 0 Å². The van der Waals surface area contributed by atoms with Crippen LogP contribution in [0, 0.1) is 9.39 Å². The van der Waals surface area contributed by atoms with Gasteiger partial charge in [-0.2, -0.15) is 0 Å². The SMILES string of the molecule is O=C(O)c1ccnc(Cl)c1Nc1ccc(I)cc1F. The molecule has 1 heterocycles. The molecule has 0 unspecified atom stereocenters. The zero-order valence-electron chi connectivity index (χ0n) is 9.32. The minimum absolute atomic E-state index is 0.0298. The molecule has 0 amide bonds. The molecule has 1 aromatic carbocycles. The lowest BCUT2D eigenvalue weighted by molar-refractivity contribution is 0.0698. The number of anilines is 2. The minimum atomic E-state index is -1.17. The average Bonchev–Trinajstić information content (AvgIpc) is 2.34. The van der Waals surface area contributed by atoms with Gasteiger partial charge < -0.3 is 10.4 Å². The number of aromatic carboxylic acids is 1. The highest BCUT2D eigenvalue weighted by Gasteiger charge is 2.15. The summed E-state index contributed by atoms with van der Waals surface area (Å²) in [6.45, 7) is 0. The predicted molar refractivity (Wildman–Crippen MR) is 78.6 cm³/mol. The number of halogens is 3. The molecular weight excluding hydrogens is 385 g/mol. The highest BCUT2D eigenvalue weighted by molar-refractivity contribution is 14.1. The van der Waals surface area contributed by atoms with Crippen LogP contribution in [-0.2, 0) is 0 Å². The monoisotopic (exact) mass is 392 g/mol. The number of aromatic nitrogens is 1. The highest BCUT2D eigenvalue weighted by Crippen LogP contribution is 2.29. The topological polar surface area (TPSA) is 62.2 Å². The maximum atomic E-state index is 13.7. The van der Waals surface area contributed by atoms with Crippen molar-refractivity contribution in [3.63, 3.8) is 0 Å². The summed E-state index contributed by atoms with van der Waals surface area (Å²) in [5.74, 6) is -1.67. The number of carboxylic acid groups (broad SMARTS) is 1. The fraction of sp³-hybridized carbons (Fsp3) is 0. The van der Waals surface area contributed by atoms with E-state index in [1.807, 2.05) is 22.6 Å². The van der Waals surface area contributed by atoms with E-state index >= 15 is 0 Å². The molecule has 0 aliphatic rings. The molecule has 0 saturated carbocycles. The minimum Gasteiger partial charge on any atom is -0.478 e. The van der Waals surface area contributed by atoms with Gasteiger partial charge in [0.2, 0.25) is 0 Å². The second-order valence-corrected chi connectivity index (χ2v) is 5.18. The number of carbonyl (C=O) groups is 1. The average molecular weight is 393 g/mol. The summed E-state index contributed by atoms with van der Waals surface area (Å²) in [6, 6.07) is 5.82. The molecule has 0 atom stereocenters. The number of benzene rings is 1. The van der Waals surface area contributed by atoms with Gasteiger partial charge >= 0.3 is 5.97 Å². The van der Waals surface area contributed by atoms with Gasteiger partial charge in [-0.1, -0.05) is 11.6 Å². The number of hydrogen-bond donors (Lipinski definition) is 2. The maximum Gasteiger partial charge on any atom is 0.337 e. The molecule has 2 aromatic rings. The van der Waals surface area contributed by atoms with Gasteiger partial charge in [-0.3, -0.25) is 0 Å². The molecule has 2 rings (SSSR count). The van der Waals surface area contributed by atoms with Crippen molar-refractivity contribution in [3.05, 3.63) is 50.6 Å². The molecule has 0 saturated heterocycles. The van der Waals surface area contributed by atoms with E-state index in [1.165, 1.54) is 24.4 Å². The second kappa shape index (κ2) is 5.70. The van der Waals surface area contributed by atoms with Gasteiger partial charge in [-0.25, -0.2) is 14.2 Å². The molecule has 0 spiro atoms. The third kappa shape index (κ3) is 3.13. The lowest BCUT2D eigenvalue weighted by atomic mass is 10.2. The van der Waals surface area contributed by atoms with Crippen LogP contribution in [0.2, 0.25) is 5.15 Å². The van der Waals surface area contributed by atoms with Crippen LogP contribution in [0.3, 0.4) is 0 Å². The number of pyridine rings is 1. The van der Waals surface area contributed by atoms with Gasteiger partial charge in [0.15, 0.2) is 5.15 Å². The Morgan fingerprint density at radius 3 is 2.79 bits per heavy atom. The lowest BCUT2D eigenvalue weighted by Crippen LogP contribution is -2.05. The van der Waals surface area contributed by atoms with Crippen LogP contribution in [0.4, 0.5) is 15.8 Å². The van der Waals surface area contributed by atoms with Crippen molar-refractivity contribution in [2.75, 3.05) is 5.32 Å². The van der Waals surface area contributed by atoms with Crippen LogP contribution in [-0.4, -0.2) is 16.1 Å². The predicted octanol–water partition coefficient (Wildman–Crippen LogP) is 3.92. The van der Waals surface area contributed by atoms with Crippen molar-refractivity contribution >= 4 is 51.5 Å². The van der Waals surface area contributed by atoms with E-state index in [2.05, 4.69) is 10.3 Å². The number of nitrogens with one attached hydrogen (secondary N) is 1. The van der Waals surface area contributed by atoms with E-state index in [1.54, 1.807) is 6.07 Å². The Kier molecular flexibility index (Phi) is 4.20. The molecule has 98 valence electrons. The number of rotatable bonds is 3. The smallest absolute Gasteiger partial charge is 0.337 e. The van der Waals surface area contributed by atoms with Crippen molar-refractivity contribution in [2.24, 2.45) is 0 Å². The van der Waals surface area contributed by atoms with Crippen molar-refractivity contribution in [1.29, 1.82) is 0 Å². The van der Waals surface area contributed by atoms with Gasteiger partial charge in [-0.05, 0) is 46.9 Å². The first-order valence-corrected chi connectivity index (χ1v) is 6.54. The Bertz CT molecular complexity index is 652. The number of hydrogen-bond acceptors (Lipinski definition) is 3. The molecule has 2 N–H and O–H groups in total. The molecule has 0 aliphatic heterocycles. The summed E-state index contributed by atoms with van der Waals surface area (Å²) in [5, 5.41) is 11.7. The van der Waals surface area contributed by atoms with Crippen molar-refractivity contribution in [1.82, 2.24) is 4.98 Å². The van der Waals surface area contributed by atoms with E-state index < -0.39 is 11.8 Å². The quantitative estimate of drug-likeness (QED) is 0.614. The molecule has 19 heavy (non-hydrogen) atoms. The van der Waals surface area contributed by atoms with E-state index in [4.69, 9.17) is 16.7 Å². The molecule has 0 aliphatic carbocycles. The summed E-state index contributed by atoms with van der Waals surface area (Å²) >= 11 is 7.82. The third-order valence-electron chi connectivity index (χ3n) is 2.33. The van der Waals surface area contributed by atoms with E-state index in [9.17, 15) is 9.18 Å². The highest BCUT2D eigenvalue weighted by atomic mass is 127. The maximum absolute atomic E-state index is 13.7. The standard InChI is InChI=1S/C12H7ClFIN2O2/c13-11-10(7(12(18)19)3-4-16-11)17-9-2-1-6(15)5-8(9)14/h1-5,17H,(H,18,19). The molecule has 0 bridgehead atoms. The van der Waals surface area contributed by atoms with Gasteiger partial charge in [0.25, 0.3) is 0 Å². The van der Waals surface area contributed by atoms with Crippen LogP contribution < -0.4 is 5.32 Å². The lowest BCUT2D eigenvalue weighted by Gasteiger charge is -2.11. The second-order valence-electron chi connectivity index (χ2n) is 3.58. The van der Waals surface area contributed by atoms with Crippen LogP contribution >= 0.6 is 34.2 Å². The Labute approximate surface area is 126 Å². The van der Waals surface area contributed by atoms with Gasteiger partial charge in [-0.15, -0.1) is 0 Å². The first-order valence-electron chi connectivity index (χ1n) is 5.09. The Morgan fingerprint density at radius 2 is 2.16 bits per heavy atom. The Hall–Kier alpha value is -1.41. The molecular formula is C12H7ClFIN2O2. The van der Waals surface area contributed by atoms with Crippen LogP contribution in [0.1, 0.15) is 10.4 Å². The number of nitrogens with zero attached hydrogens (tertiary/aromatic N) is 1. The Morgan fingerprint density at radius 1 is 1.42 bits per heavy atom. The molecule has 0 fully saturated rings. The van der Waals surface area contributed by atoms with Crippen LogP contribution in [0.5, 0.6) is 0 Å². The summed E-state index contributed by atoms with van der Waals surface area (Å²) in [7, 11) is 0. The van der Waals surface area contributed by atoms with Gasteiger partial charge in [0.05, 0.1) is 16.9 Å². The third-order valence-corrected chi connectivity index (χ3v) is 3.28. The molecule has 7 heteroatoms. The molecule has 4 nitrogen and oxygen atoms in total. The zero-order chi connectivity index (χ0) is 14.0. The van der Waals surface area contributed by atoms with E-state index in [-0.39, 0.29) is 22.1 Å². The zero-order valence-corrected chi connectivity index (χ0v) is 12.2. The van der Waals surface area contributed by atoms with Gasteiger partial charge in [0, 0.05) is 9.77 Å². The summed E-state index contributed by atoms with van der Waals surface area (Å²) < 4.78 is 14.5. The van der Waals surface area contributed by atoms with E-state index in [0.717, 1.165) is 3.57 Å². The molecule has 1 aromatic heterocycles. The van der Waals surface area contributed by atoms with Crippen molar-refractivity contribution in [2.45, 2.75) is 0 Å². The van der Waals surface area contributed by atoms with E-state index in [0.29, 0.717) is 0 Å². The number of carboxylic acids is 1. The largest absolute Gasteiger partial charge is 0.478 e. The fourth-order valence-corrected chi connectivity index (χ4v) is 2.12. The summed E-state index contributed by atoms with van der Waals surface area (Å²) in [5.41, 5.74) is 0.132. The van der Waals surface area contributed by atoms with Gasteiger partial charge in [0.1, 0.15) is 5.82 Å². The summed E-state index contributed by atoms with van der Waals surface area (Å²) in [6.07, 6.45) is 1.28. The fourth-order valence-electron chi connectivity index (χ4n) is 1.46. The van der Waals surface area contributed by atoms with Crippen molar-refractivity contribution in [3.8, 4) is 0 Å². The first-order chi connectivity index (χ1) is 8.99.